The number of hydrogen-bond donors (Lipinski definition) is 1. The fourth-order valence-electron chi connectivity index (χ4n) is 3.27. The van der Waals surface area contributed by atoms with E-state index >= 15 is 0 Å². The highest BCUT2D eigenvalue weighted by molar-refractivity contribution is 5.79. The Hall–Kier alpha value is -1.90. The summed E-state index contributed by atoms with van der Waals surface area (Å²) in [5.41, 5.74) is 3.69. The number of amides is 1. The molecule has 0 bridgehead atoms. The number of carbonyl (C=O) groups excluding carboxylic acids is 2. The quantitative estimate of drug-likeness (QED) is 0.570. The molecule has 1 aliphatic heterocycles. The number of carbonyl (C=O) groups is 2. The summed E-state index contributed by atoms with van der Waals surface area (Å²) in [6.07, 6.45) is 0. The van der Waals surface area contributed by atoms with Gasteiger partial charge in [-0.1, -0.05) is 0 Å². The first kappa shape index (κ1) is 17.2. The predicted molar refractivity (Wildman–Crippen MR) is 70.9 cm³/mol. The number of nitrogens with zero attached hydrogens (tertiary/aromatic N) is 2. The van der Waals surface area contributed by atoms with E-state index in [2.05, 4.69) is 4.84 Å². The Kier molecular flexibility index (Phi) is 4.47. The van der Waals surface area contributed by atoms with Crippen LogP contribution in [0.15, 0.2) is 0 Å². The minimum Gasteiger partial charge on any atom is -0.369 e. The summed E-state index contributed by atoms with van der Waals surface area (Å²) in [5, 5.41) is 10.9. The van der Waals surface area contributed by atoms with Gasteiger partial charge >= 0.3 is 5.97 Å². The number of hydrogen-bond acceptors (Lipinski definition) is 7. The average molecular weight is 303 g/mol. The second-order valence-corrected chi connectivity index (χ2v) is 6.19. The molecule has 1 rings (SSSR count). The van der Waals surface area contributed by atoms with E-state index in [1.807, 2.05) is 0 Å². The second-order valence-electron chi connectivity index (χ2n) is 6.19. The molecule has 0 spiro atoms. The molecule has 120 valence electrons. The van der Waals surface area contributed by atoms with E-state index in [1.165, 1.54) is 12.0 Å². The lowest BCUT2D eigenvalue weighted by atomic mass is 9.77. The van der Waals surface area contributed by atoms with Crippen molar-refractivity contribution in [2.45, 2.75) is 45.7 Å². The Bertz CT molecular complexity index is 462. The molecule has 0 aliphatic carbocycles. The van der Waals surface area contributed by atoms with Crippen LogP contribution in [0.2, 0.25) is 0 Å². The third-order valence-corrected chi connectivity index (χ3v) is 4.00. The summed E-state index contributed by atoms with van der Waals surface area (Å²) < 4.78 is 0. The molecule has 2 atom stereocenters. The van der Waals surface area contributed by atoms with Crippen molar-refractivity contribution in [3.8, 4) is 0 Å². The molecule has 0 saturated carbocycles. The first-order chi connectivity index (χ1) is 9.42. The zero-order chi connectivity index (χ0) is 16.6. The van der Waals surface area contributed by atoms with Gasteiger partial charge in [0.1, 0.15) is 6.61 Å². The van der Waals surface area contributed by atoms with Crippen LogP contribution < -0.4 is 5.73 Å². The predicted octanol–water partition coefficient (Wildman–Crippen LogP) is 0.263. The summed E-state index contributed by atoms with van der Waals surface area (Å²) >= 11 is 0. The second kappa shape index (κ2) is 5.47. The fourth-order valence-corrected chi connectivity index (χ4v) is 3.27. The van der Waals surface area contributed by atoms with Gasteiger partial charge in [0.15, 0.2) is 0 Å². The van der Waals surface area contributed by atoms with Gasteiger partial charge in [-0.2, -0.15) is 0 Å². The van der Waals surface area contributed by atoms with E-state index in [-0.39, 0.29) is 6.61 Å². The number of rotatable bonds is 5. The molecule has 1 fully saturated rings. The zero-order valence-corrected chi connectivity index (χ0v) is 12.8. The molecule has 2 N–H and O–H groups in total. The highest BCUT2D eigenvalue weighted by atomic mass is 16.9. The van der Waals surface area contributed by atoms with Gasteiger partial charge in [0, 0.05) is 12.8 Å². The van der Waals surface area contributed by atoms with Crippen LogP contribution in [0.1, 0.15) is 34.6 Å². The van der Waals surface area contributed by atoms with Crippen LogP contribution in [-0.4, -0.2) is 39.7 Å². The molecule has 2 unspecified atom stereocenters. The van der Waals surface area contributed by atoms with Gasteiger partial charge in [-0.05, 0) is 27.7 Å². The van der Waals surface area contributed by atoms with E-state index < -0.39 is 39.9 Å². The molecule has 0 aromatic rings. The molecule has 21 heavy (non-hydrogen) atoms. The van der Waals surface area contributed by atoms with Gasteiger partial charge in [0.05, 0.1) is 17.0 Å². The van der Waals surface area contributed by atoms with E-state index in [9.17, 15) is 19.7 Å². The van der Waals surface area contributed by atoms with Gasteiger partial charge in [-0.25, -0.2) is 0 Å². The number of nitrogens with two attached hydrogens (primary N) is 1. The van der Waals surface area contributed by atoms with Crippen LogP contribution in [0.3, 0.4) is 0 Å². The van der Waals surface area contributed by atoms with Crippen LogP contribution in [0.5, 0.6) is 0 Å². The van der Waals surface area contributed by atoms with Crippen molar-refractivity contribution in [3.63, 3.8) is 0 Å². The van der Waals surface area contributed by atoms with Crippen LogP contribution in [0.4, 0.5) is 0 Å². The van der Waals surface area contributed by atoms with Gasteiger partial charge in [0.25, 0.3) is 5.09 Å². The maximum Gasteiger partial charge on any atom is 0.322 e. The standard InChI is InChI=1S/C12H21N3O6/c1-7(16)21-14-11(2,3)8(6-20-15(18)19)9(10(13)17)12(14,4)5/h8-9H,6H2,1-5H3,(H2,13,17). The van der Waals surface area contributed by atoms with Gasteiger partial charge < -0.3 is 15.4 Å². The normalized spacial score (nSPS) is 27.1. The average Bonchev–Trinajstić information content (AvgIpc) is 2.42. The first-order valence-corrected chi connectivity index (χ1v) is 6.47. The maximum atomic E-state index is 11.8. The van der Waals surface area contributed by atoms with E-state index in [0.717, 1.165) is 0 Å². The van der Waals surface area contributed by atoms with Crippen molar-refractivity contribution >= 4 is 11.9 Å². The molecule has 0 radical (unpaired) electrons. The molecule has 1 saturated heterocycles. The highest BCUT2D eigenvalue weighted by Gasteiger charge is 2.62. The van der Waals surface area contributed by atoms with E-state index in [0.29, 0.717) is 0 Å². The van der Waals surface area contributed by atoms with Gasteiger partial charge in [-0.3, -0.25) is 9.59 Å². The third kappa shape index (κ3) is 3.07. The monoisotopic (exact) mass is 303 g/mol. The molecule has 0 aromatic carbocycles. The minimum absolute atomic E-state index is 0.311. The van der Waals surface area contributed by atoms with Crippen molar-refractivity contribution in [2.24, 2.45) is 17.6 Å². The highest BCUT2D eigenvalue weighted by Crippen LogP contribution is 2.49. The molecule has 0 aromatic heterocycles. The van der Waals surface area contributed by atoms with Gasteiger partial charge in [0.2, 0.25) is 5.91 Å². The van der Waals surface area contributed by atoms with Crippen molar-refractivity contribution in [1.82, 2.24) is 5.06 Å². The molecule has 1 amide bonds. The number of primary amides is 1. The molecule has 1 aliphatic rings. The van der Waals surface area contributed by atoms with Crippen molar-refractivity contribution < 1.29 is 24.4 Å². The SMILES string of the molecule is CC(=O)ON1C(C)(C)C(CO[N+](=O)[O-])C(C(N)=O)C1(C)C. The summed E-state index contributed by atoms with van der Waals surface area (Å²) in [6.45, 7) is 7.75. The van der Waals surface area contributed by atoms with E-state index in [1.54, 1.807) is 27.7 Å². The van der Waals surface area contributed by atoms with Crippen molar-refractivity contribution in [1.29, 1.82) is 0 Å². The Labute approximate surface area is 122 Å². The van der Waals surface area contributed by atoms with E-state index in [4.69, 9.17) is 10.6 Å². The lowest BCUT2D eigenvalue weighted by molar-refractivity contribution is -0.759. The summed E-state index contributed by atoms with van der Waals surface area (Å²) in [6, 6.07) is 0. The molecule has 9 nitrogen and oxygen atoms in total. The largest absolute Gasteiger partial charge is 0.369 e. The third-order valence-electron chi connectivity index (χ3n) is 4.00. The Balaban J connectivity index is 3.22. The topological polar surface area (TPSA) is 125 Å². The van der Waals surface area contributed by atoms with Crippen molar-refractivity contribution in [2.75, 3.05) is 6.61 Å². The van der Waals surface area contributed by atoms with Gasteiger partial charge in [-0.15, -0.1) is 15.2 Å². The fraction of sp³-hybridized carbons (Fsp3) is 0.833. The molecule has 9 heteroatoms. The van der Waals surface area contributed by atoms with Crippen LogP contribution in [-0.2, 0) is 19.3 Å². The summed E-state index contributed by atoms with van der Waals surface area (Å²) in [5.74, 6) is -2.54. The maximum absolute atomic E-state index is 11.8. The first-order valence-electron chi connectivity index (χ1n) is 6.47. The Morgan fingerprint density at radius 2 is 1.81 bits per heavy atom. The lowest BCUT2D eigenvalue weighted by Crippen LogP contribution is -2.52. The van der Waals surface area contributed by atoms with Crippen LogP contribution in [0, 0.1) is 22.0 Å². The molecular weight excluding hydrogens is 282 g/mol. The lowest BCUT2D eigenvalue weighted by Gasteiger charge is -2.38. The summed E-state index contributed by atoms with van der Waals surface area (Å²) in [7, 11) is 0. The van der Waals surface area contributed by atoms with Crippen LogP contribution in [0.25, 0.3) is 0 Å². The molecule has 1 heterocycles. The smallest absolute Gasteiger partial charge is 0.322 e. The Morgan fingerprint density at radius 3 is 2.19 bits per heavy atom. The summed E-state index contributed by atoms with van der Waals surface area (Å²) in [4.78, 5) is 43.2. The molecular formula is C12H21N3O6. The number of hydroxylamine groups is 2. The Morgan fingerprint density at radius 1 is 1.29 bits per heavy atom. The zero-order valence-electron chi connectivity index (χ0n) is 12.8. The van der Waals surface area contributed by atoms with Crippen molar-refractivity contribution in [3.05, 3.63) is 10.1 Å². The van der Waals surface area contributed by atoms with Crippen LogP contribution >= 0.6 is 0 Å². The minimum atomic E-state index is -0.921.